The highest BCUT2D eigenvalue weighted by molar-refractivity contribution is 5.58. The van der Waals surface area contributed by atoms with Gasteiger partial charge in [0.2, 0.25) is 0 Å². The lowest BCUT2D eigenvalue weighted by atomic mass is 9.90. The monoisotopic (exact) mass is 152 g/mol. The molecule has 60 valence electrons. The summed E-state index contributed by atoms with van der Waals surface area (Å²) >= 11 is 0. The molecule has 0 aliphatic carbocycles. The van der Waals surface area contributed by atoms with Gasteiger partial charge in [-0.1, -0.05) is 13.8 Å². The van der Waals surface area contributed by atoms with E-state index in [0.29, 0.717) is 0 Å². The molecule has 0 aromatic carbocycles. The van der Waals surface area contributed by atoms with Crippen molar-refractivity contribution in [3.05, 3.63) is 18.0 Å². The predicted octanol–water partition coefficient (Wildman–Crippen LogP) is 1.18. The lowest BCUT2D eigenvalue weighted by Crippen LogP contribution is -2.16. The van der Waals surface area contributed by atoms with E-state index in [4.69, 9.17) is 0 Å². The van der Waals surface area contributed by atoms with Gasteiger partial charge in [-0.3, -0.25) is 5.10 Å². The smallest absolute Gasteiger partial charge is 0.125 e. The summed E-state index contributed by atoms with van der Waals surface area (Å²) in [6.45, 7) is 3.81. The predicted molar refractivity (Wildman–Crippen MR) is 42.1 cm³/mol. The van der Waals surface area contributed by atoms with Gasteiger partial charge in [0.15, 0.2) is 0 Å². The summed E-state index contributed by atoms with van der Waals surface area (Å²) in [7, 11) is 0. The van der Waals surface area contributed by atoms with Crippen LogP contribution in [0.15, 0.2) is 12.3 Å². The van der Waals surface area contributed by atoms with Crippen molar-refractivity contribution >= 4 is 6.29 Å². The van der Waals surface area contributed by atoms with E-state index in [9.17, 15) is 4.79 Å². The molecule has 1 aromatic rings. The Labute approximate surface area is 65.8 Å². The number of carbonyl (C=O) groups is 1. The van der Waals surface area contributed by atoms with Crippen molar-refractivity contribution in [3.8, 4) is 0 Å². The molecule has 1 aromatic heterocycles. The van der Waals surface area contributed by atoms with Gasteiger partial charge in [0.25, 0.3) is 0 Å². The summed E-state index contributed by atoms with van der Waals surface area (Å²) < 4.78 is 0. The number of nitrogens with zero attached hydrogens (tertiary/aromatic N) is 1. The first kappa shape index (κ1) is 7.98. The fraction of sp³-hybridized carbons (Fsp3) is 0.500. The maximum atomic E-state index is 10.5. The van der Waals surface area contributed by atoms with Gasteiger partial charge < -0.3 is 4.79 Å². The molecule has 3 heteroatoms. The van der Waals surface area contributed by atoms with Crippen molar-refractivity contribution in [1.82, 2.24) is 10.2 Å². The fourth-order valence-electron chi connectivity index (χ4n) is 0.916. The normalized spacial score (nSPS) is 11.5. The van der Waals surface area contributed by atoms with Crippen molar-refractivity contribution in [2.75, 3.05) is 0 Å². The molecule has 0 saturated heterocycles. The van der Waals surface area contributed by atoms with Gasteiger partial charge in [-0.2, -0.15) is 5.10 Å². The molecule has 0 bridgehead atoms. The quantitative estimate of drug-likeness (QED) is 0.661. The second kappa shape index (κ2) is 2.86. The molecule has 3 nitrogen and oxygen atoms in total. The van der Waals surface area contributed by atoms with Gasteiger partial charge in [-0.25, -0.2) is 0 Å². The topological polar surface area (TPSA) is 45.8 Å². The second-order valence-electron chi connectivity index (χ2n) is 3.37. The van der Waals surface area contributed by atoms with Gasteiger partial charge in [0.1, 0.15) is 6.29 Å². The minimum atomic E-state index is -0.285. The molecular weight excluding hydrogens is 140 g/mol. The molecule has 11 heavy (non-hydrogen) atoms. The zero-order chi connectivity index (χ0) is 8.32. The third-order valence-electron chi connectivity index (χ3n) is 1.52. The molecule has 0 fully saturated rings. The molecule has 1 heterocycles. The lowest BCUT2D eigenvalue weighted by Gasteiger charge is -2.14. The van der Waals surface area contributed by atoms with Crippen LogP contribution < -0.4 is 0 Å². The van der Waals surface area contributed by atoms with Gasteiger partial charge >= 0.3 is 0 Å². The van der Waals surface area contributed by atoms with Crippen molar-refractivity contribution in [2.24, 2.45) is 5.41 Å². The Balaban J connectivity index is 2.63. The largest absolute Gasteiger partial charge is 0.303 e. The van der Waals surface area contributed by atoms with Crippen molar-refractivity contribution in [1.29, 1.82) is 0 Å². The highest BCUT2D eigenvalue weighted by Crippen LogP contribution is 2.16. The number of carbonyl (C=O) groups excluding carboxylic acids is 1. The van der Waals surface area contributed by atoms with Gasteiger partial charge in [0, 0.05) is 23.7 Å². The highest BCUT2D eigenvalue weighted by atomic mass is 16.1. The average Bonchev–Trinajstić information content (AvgIpc) is 2.39. The van der Waals surface area contributed by atoms with Crippen LogP contribution in [0.3, 0.4) is 0 Å². The Kier molecular flexibility index (Phi) is 2.08. The number of hydrogen-bond donors (Lipinski definition) is 1. The second-order valence-corrected chi connectivity index (χ2v) is 3.37. The van der Waals surface area contributed by atoms with E-state index in [1.807, 2.05) is 19.9 Å². The van der Waals surface area contributed by atoms with Crippen LogP contribution in [-0.2, 0) is 11.2 Å². The first-order valence-corrected chi connectivity index (χ1v) is 3.59. The van der Waals surface area contributed by atoms with E-state index < -0.39 is 0 Å². The maximum Gasteiger partial charge on any atom is 0.125 e. The van der Waals surface area contributed by atoms with E-state index in [-0.39, 0.29) is 5.41 Å². The fourth-order valence-corrected chi connectivity index (χ4v) is 0.916. The Morgan fingerprint density at radius 1 is 1.73 bits per heavy atom. The van der Waals surface area contributed by atoms with Gasteiger partial charge in [-0.05, 0) is 6.07 Å². The van der Waals surface area contributed by atoms with E-state index >= 15 is 0 Å². The summed E-state index contributed by atoms with van der Waals surface area (Å²) in [4.78, 5) is 10.5. The third-order valence-corrected chi connectivity index (χ3v) is 1.52. The summed E-state index contributed by atoms with van der Waals surface area (Å²) in [5.74, 6) is 0. The van der Waals surface area contributed by atoms with E-state index in [1.54, 1.807) is 6.20 Å². The van der Waals surface area contributed by atoms with Crippen LogP contribution >= 0.6 is 0 Å². The van der Waals surface area contributed by atoms with Crippen LogP contribution in [0.5, 0.6) is 0 Å². The molecule has 0 aliphatic rings. The van der Waals surface area contributed by atoms with Gasteiger partial charge in [-0.15, -0.1) is 0 Å². The average molecular weight is 152 g/mol. The molecule has 1 N–H and O–H groups in total. The summed E-state index contributed by atoms with van der Waals surface area (Å²) in [5.41, 5.74) is 0.717. The molecule has 0 unspecified atom stereocenters. The van der Waals surface area contributed by atoms with Gasteiger partial charge in [0.05, 0.1) is 0 Å². The number of H-pyrrole nitrogens is 1. The lowest BCUT2D eigenvalue weighted by molar-refractivity contribution is -0.114. The molecule has 0 radical (unpaired) electrons. The maximum absolute atomic E-state index is 10.5. The molecule has 0 saturated carbocycles. The number of aldehydes is 1. The number of hydrogen-bond acceptors (Lipinski definition) is 2. The van der Waals surface area contributed by atoms with Crippen LogP contribution in [0.1, 0.15) is 19.5 Å². The first-order valence-electron chi connectivity index (χ1n) is 3.59. The zero-order valence-corrected chi connectivity index (χ0v) is 6.79. The zero-order valence-electron chi connectivity index (χ0n) is 6.79. The summed E-state index contributed by atoms with van der Waals surface area (Å²) in [6.07, 6.45) is 3.38. The number of aromatic amines is 1. The third kappa shape index (κ3) is 2.18. The number of aromatic nitrogens is 2. The van der Waals surface area contributed by atoms with E-state index in [0.717, 1.165) is 18.4 Å². The Morgan fingerprint density at radius 2 is 2.45 bits per heavy atom. The summed E-state index contributed by atoms with van der Waals surface area (Å²) in [5, 5.41) is 6.62. The van der Waals surface area contributed by atoms with Crippen molar-refractivity contribution in [3.63, 3.8) is 0 Å². The van der Waals surface area contributed by atoms with E-state index in [2.05, 4.69) is 10.2 Å². The molecule has 0 aliphatic heterocycles. The molecule has 0 amide bonds. The molecule has 0 spiro atoms. The Morgan fingerprint density at radius 3 is 2.91 bits per heavy atom. The summed E-state index contributed by atoms with van der Waals surface area (Å²) in [6, 6.07) is 1.88. The molecular formula is C8H12N2O. The van der Waals surface area contributed by atoms with Crippen LogP contribution in [0.2, 0.25) is 0 Å². The number of nitrogens with one attached hydrogen (secondary N) is 1. The highest BCUT2D eigenvalue weighted by Gasteiger charge is 2.17. The Hall–Kier alpha value is -1.12. The van der Waals surface area contributed by atoms with Crippen molar-refractivity contribution in [2.45, 2.75) is 20.3 Å². The van der Waals surface area contributed by atoms with Crippen LogP contribution in [-0.4, -0.2) is 16.5 Å². The SMILES string of the molecule is CC(C)(C=O)Cc1ccn[nH]1. The minimum Gasteiger partial charge on any atom is -0.303 e. The first-order chi connectivity index (χ1) is 5.14. The van der Waals surface area contributed by atoms with Crippen LogP contribution in [0, 0.1) is 5.41 Å². The Bertz CT molecular complexity index is 226. The van der Waals surface area contributed by atoms with E-state index in [1.165, 1.54) is 0 Å². The van der Waals surface area contributed by atoms with Crippen LogP contribution in [0.25, 0.3) is 0 Å². The van der Waals surface area contributed by atoms with Crippen LogP contribution in [0.4, 0.5) is 0 Å². The van der Waals surface area contributed by atoms with Crippen molar-refractivity contribution < 1.29 is 4.79 Å². The molecule has 1 rings (SSSR count). The minimum absolute atomic E-state index is 0.285. The number of rotatable bonds is 3. The molecule has 0 atom stereocenters. The standard InChI is InChI=1S/C8H12N2O/c1-8(2,6-11)5-7-3-4-9-10-7/h3-4,6H,5H2,1-2H3,(H,9,10).